The van der Waals surface area contributed by atoms with Gasteiger partial charge in [-0.15, -0.1) is 11.3 Å². The summed E-state index contributed by atoms with van der Waals surface area (Å²) in [5.41, 5.74) is 1.06. The van der Waals surface area contributed by atoms with Crippen LogP contribution >= 0.6 is 11.3 Å². The quantitative estimate of drug-likeness (QED) is 0.790. The SMILES string of the molecule is CN(C)C(=O)Cc1nc(CN2CCCC[C@@H]2Cn2cncn2)cs1. The fraction of sp³-hybridized carbons (Fsp3) is 0.625. The van der Waals surface area contributed by atoms with E-state index in [0.29, 0.717) is 12.5 Å². The Morgan fingerprint density at radius 1 is 1.42 bits per heavy atom. The lowest BCUT2D eigenvalue weighted by atomic mass is 10.0. The first-order valence-corrected chi connectivity index (χ1v) is 9.19. The Hall–Kier alpha value is -1.80. The van der Waals surface area contributed by atoms with Crippen LogP contribution in [0.3, 0.4) is 0 Å². The van der Waals surface area contributed by atoms with Gasteiger partial charge in [0.05, 0.1) is 18.7 Å². The number of carbonyl (C=O) groups excluding carboxylic acids is 1. The molecule has 1 amide bonds. The Morgan fingerprint density at radius 3 is 3.04 bits per heavy atom. The summed E-state index contributed by atoms with van der Waals surface area (Å²) < 4.78 is 1.91. The molecule has 0 spiro atoms. The van der Waals surface area contributed by atoms with Crippen LogP contribution in [0.25, 0.3) is 0 Å². The monoisotopic (exact) mass is 348 g/mol. The van der Waals surface area contributed by atoms with Crippen LogP contribution < -0.4 is 0 Å². The molecule has 130 valence electrons. The van der Waals surface area contributed by atoms with E-state index in [4.69, 9.17) is 0 Å². The predicted octanol–water partition coefficient (Wildman–Crippen LogP) is 1.42. The molecule has 2 aromatic rings. The van der Waals surface area contributed by atoms with Crippen LogP contribution in [0.1, 0.15) is 30.0 Å². The number of rotatable bonds is 6. The summed E-state index contributed by atoms with van der Waals surface area (Å²) in [5, 5.41) is 7.21. The number of piperidine rings is 1. The number of nitrogens with zero attached hydrogens (tertiary/aromatic N) is 6. The molecule has 0 N–H and O–H groups in total. The van der Waals surface area contributed by atoms with Crippen molar-refractivity contribution in [2.24, 2.45) is 0 Å². The number of thiazole rings is 1. The summed E-state index contributed by atoms with van der Waals surface area (Å²) in [6, 6.07) is 0.467. The van der Waals surface area contributed by atoms with Gasteiger partial charge in [0.1, 0.15) is 17.7 Å². The highest BCUT2D eigenvalue weighted by atomic mass is 32.1. The Bertz CT molecular complexity index is 653. The van der Waals surface area contributed by atoms with Crippen molar-refractivity contribution in [3.8, 4) is 0 Å². The predicted molar refractivity (Wildman–Crippen MR) is 92.6 cm³/mol. The third-order valence-corrected chi connectivity index (χ3v) is 5.28. The molecule has 1 fully saturated rings. The van der Waals surface area contributed by atoms with Crippen LogP contribution in [0.5, 0.6) is 0 Å². The Labute approximate surface area is 146 Å². The average Bonchev–Trinajstić information content (AvgIpc) is 3.21. The molecule has 0 aromatic carbocycles. The third kappa shape index (κ3) is 4.39. The van der Waals surface area contributed by atoms with E-state index in [1.165, 1.54) is 19.3 Å². The molecule has 0 saturated carbocycles. The van der Waals surface area contributed by atoms with Crippen molar-refractivity contribution >= 4 is 17.2 Å². The first kappa shape index (κ1) is 17.0. The van der Waals surface area contributed by atoms with Crippen molar-refractivity contribution in [1.82, 2.24) is 29.5 Å². The number of hydrogen-bond donors (Lipinski definition) is 0. The standard InChI is InChI=1S/C16H24N6OS/c1-20(2)16(23)7-15-19-13(10-24-15)8-21-6-4-3-5-14(21)9-22-12-17-11-18-22/h10-12,14H,3-9H2,1-2H3/t14-/m1/s1. The summed E-state index contributed by atoms with van der Waals surface area (Å²) in [5.74, 6) is 0.0953. The molecule has 3 rings (SSSR count). The van der Waals surface area contributed by atoms with Gasteiger partial charge in [0.25, 0.3) is 0 Å². The zero-order chi connectivity index (χ0) is 16.9. The molecule has 0 aliphatic carbocycles. The summed E-state index contributed by atoms with van der Waals surface area (Å²) in [7, 11) is 3.55. The van der Waals surface area contributed by atoms with E-state index >= 15 is 0 Å². The first-order chi connectivity index (χ1) is 11.6. The second kappa shape index (κ2) is 7.85. The van der Waals surface area contributed by atoms with Crippen molar-refractivity contribution in [1.29, 1.82) is 0 Å². The highest BCUT2D eigenvalue weighted by molar-refractivity contribution is 7.09. The van der Waals surface area contributed by atoms with Gasteiger partial charge in [0, 0.05) is 32.1 Å². The molecule has 0 radical (unpaired) electrons. The minimum absolute atomic E-state index is 0.0953. The Kier molecular flexibility index (Phi) is 5.57. The second-order valence-corrected chi connectivity index (χ2v) is 7.38. The van der Waals surface area contributed by atoms with Crippen molar-refractivity contribution in [2.75, 3.05) is 20.6 Å². The highest BCUT2D eigenvalue weighted by Gasteiger charge is 2.24. The van der Waals surface area contributed by atoms with E-state index in [1.807, 2.05) is 4.68 Å². The second-order valence-electron chi connectivity index (χ2n) is 6.44. The molecule has 2 aromatic heterocycles. The molecule has 0 unspecified atom stereocenters. The average molecular weight is 348 g/mol. The smallest absolute Gasteiger partial charge is 0.228 e. The number of hydrogen-bond acceptors (Lipinski definition) is 6. The third-order valence-electron chi connectivity index (χ3n) is 4.38. The number of likely N-dealkylation sites (tertiary alicyclic amines) is 1. The fourth-order valence-corrected chi connectivity index (χ4v) is 3.79. The van der Waals surface area contributed by atoms with Crippen LogP contribution in [0.4, 0.5) is 0 Å². The summed E-state index contributed by atoms with van der Waals surface area (Å²) in [4.78, 5) is 24.6. The minimum Gasteiger partial charge on any atom is -0.348 e. The lowest BCUT2D eigenvalue weighted by Gasteiger charge is -2.35. The molecule has 1 aliphatic rings. The topological polar surface area (TPSA) is 67.2 Å². The van der Waals surface area contributed by atoms with Crippen molar-refractivity contribution in [3.63, 3.8) is 0 Å². The number of carbonyl (C=O) groups is 1. The summed E-state index contributed by atoms with van der Waals surface area (Å²) in [6.45, 7) is 2.80. The molecular formula is C16H24N6OS. The minimum atomic E-state index is 0.0953. The van der Waals surface area contributed by atoms with E-state index in [2.05, 4.69) is 25.3 Å². The van der Waals surface area contributed by atoms with E-state index < -0.39 is 0 Å². The normalized spacial score (nSPS) is 18.7. The van der Waals surface area contributed by atoms with Gasteiger partial charge in [-0.3, -0.25) is 14.4 Å². The van der Waals surface area contributed by atoms with Gasteiger partial charge >= 0.3 is 0 Å². The Morgan fingerprint density at radius 2 is 2.29 bits per heavy atom. The molecule has 7 nitrogen and oxygen atoms in total. The number of aromatic nitrogens is 4. The van der Waals surface area contributed by atoms with Crippen LogP contribution in [0.2, 0.25) is 0 Å². The molecule has 24 heavy (non-hydrogen) atoms. The van der Waals surface area contributed by atoms with E-state index in [-0.39, 0.29) is 5.91 Å². The molecule has 8 heteroatoms. The maximum absolute atomic E-state index is 11.8. The van der Waals surface area contributed by atoms with Crippen molar-refractivity contribution in [2.45, 2.75) is 44.8 Å². The number of likely N-dealkylation sites (N-methyl/N-ethyl adjacent to an activating group) is 1. The van der Waals surface area contributed by atoms with Crippen LogP contribution in [-0.4, -0.2) is 62.1 Å². The maximum Gasteiger partial charge on any atom is 0.228 e. The van der Waals surface area contributed by atoms with Crippen LogP contribution in [-0.2, 0) is 24.3 Å². The number of amides is 1. The zero-order valence-electron chi connectivity index (χ0n) is 14.3. The molecular weight excluding hydrogens is 324 g/mol. The molecule has 3 heterocycles. The van der Waals surface area contributed by atoms with Crippen molar-refractivity contribution in [3.05, 3.63) is 28.7 Å². The zero-order valence-corrected chi connectivity index (χ0v) is 15.1. The lowest BCUT2D eigenvalue weighted by molar-refractivity contribution is -0.127. The molecule has 0 bridgehead atoms. The van der Waals surface area contributed by atoms with E-state index in [0.717, 1.165) is 30.3 Å². The van der Waals surface area contributed by atoms with Gasteiger partial charge in [0.2, 0.25) is 5.91 Å². The largest absolute Gasteiger partial charge is 0.348 e. The highest BCUT2D eigenvalue weighted by Crippen LogP contribution is 2.22. The fourth-order valence-electron chi connectivity index (χ4n) is 3.02. The summed E-state index contributed by atoms with van der Waals surface area (Å²) >= 11 is 1.58. The van der Waals surface area contributed by atoms with E-state index in [9.17, 15) is 4.79 Å². The van der Waals surface area contributed by atoms with Gasteiger partial charge in [-0.2, -0.15) is 5.10 Å². The van der Waals surface area contributed by atoms with Gasteiger partial charge in [-0.25, -0.2) is 9.97 Å². The van der Waals surface area contributed by atoms with Gasteiger partial charge in [-0.05, 0) is 19.4 Å². The lowest BCUT2D eigenvalue weighted by Crippen LogP contribution is -2.41. The van der Waals surface area contributed by atoms with Crippen LogP contribution in [0.15, 0.2) is 18.0 Å². The Balaban J connectivity index is 1.61. The maximum atomic E-state index is 11.8. The molecule has 1 saturated heterocycles. The van der Waals surface area contributed by atoms with Gasteiger partial charge < -0.3 is 4.90 Å². The first-order valence-electron chi connectivity index (χ1n) is 8.31. The molecule has 1 atom stereocenters. The van der Waals surface area contributed by atoms with Gasteiger partial charge in [-0.1, -0.05) is 6.42 Å². The van der Waals surface area contributed by atoms with Gasteiger partial charge in [0.15, 0.2) is 0 Å². The molecule has 1 aliphatic heterocycles. The van der Waals surface area contributed by atoms with Crippen molar-refractivity contribution < 1.29 is 4.79 Å². The summed E-state index contributed by atoms with van der Waals surface area (Å²) in [6.07, 6.45) is 7.41. The van der Waals surface area contributed by atoms with E-state index in [1.54, 1.807) is 43.0 Å². The van der Waals surface area contributed by atoms with Crippen LogP contribution in [0, 0.1) is 0 Å².